The Hall–Kier alpha value is -3.39. The minimum absolute atomic E-state index is 0.0780. The van der Waals surface area contributed by atoms with Crippen molar-refractivity contribution in [3.05, 3.63) is 83.1 Å². The van der Waals surface area contributed by atoms with Gasteiger partial charge in [-0.2, -0.15) is 5.10 Å². The highest BCUT2D eigenvalue weighted by molar-refractivity contribution is 6.10. The van der Waals surface area contributed by atoms with E-state index < -0.39 is 23.3 Å². The molecule has 1 amide bonds. The summed E-state index contributed by atoms with van der Waals surface area (Å²) in [6.45, 7) is 1.65. The molecule has 0 spiro atoms. The smallest absolute Gasteiger partial charge is 0.257 e. The molecular formula is C20H16F2N4O2. The van der Waals surface area contributed by atoms with Crippen molar-refractivity contribution < 1.29 is 18.7 Å². The standard InChI is InChI=1S/C20H16F2N4O2/c1-20(28)17(14-9-13(21)7-8-16(14)22)25-18-15(11-24-26(18)20)19(27)23-10-12-5-3-2-4-6-12/h2-9,11,28H,10H2,1H3,(H,23,27). The SMILES string of the molecule is CC1(O)C(c2cc(F)ccc2F)=Nc2c(C(=O)NCc3ccccc3)cnn21. The Kier molecular flexibility index (Phi) is 4.27. The molecule has 1 unspecified atom stereocenters. The van der Waals surface area contributed by atoms with E-state index in [1.54, 1.807) is 0 Å². The highest BCUT2D eigenvalue weighted by atomic mass is 19.1. The number of hydrogen-bond acceptors (Lipinski definition) is 4. The first-order chi connectivity index (χ1) is 13.4. The van der Waals surface area contributed by atoms with Gasteiger partial charge in [-0.25, -0.2) is 18.5 Å². The van der Waals surface area contributed by atoms with Crippen LogP contribution in [0.2, 0.25) is 0 Å². The number of aliphatic hydroxyl groups is 1. The molecule has 0 fully saturated rings. The molecule has 0 saturated heterocycles. The van der Waals surface area contributed by atoms with Gasteiger partial charge in [-0.05, 0) is 30.7 Å². The van der Waals surface area contributed by atoms with Crippen molar-refractivity contribution in [1.29, 1.82) is 0 Å². The summed E-state index contributed by atoms with van der Waals surface area (Å²) in [5.41, 5.74) is -1.10. The molecule has 28 heavy (non-hydrogen) atoms. The van der Waals surface area contributed by atoms with Gasteiger partial charge in [-0.15, -0.1) is 0 Å². The Morgan fingerprint density at radius 3 is 2.71 bits per heavy atom. The largest absolute Gasteiger partial charge is 0.364 e. The molecule has 0 aliphatic carbocycles. The number of rotatable bonds is 4. The Bertz CT molecular complexity index is 1090. The van der Waals surface area contributed by atoms with Gasteiger partial charge in [-0.3, -0.25) is 4.79 Å². The quantitative estimate of drug-likeness (QED) is 0.728. The second-order valence-corrected chi connectivity index (χ2v) is 6.57. The number of aromatic nitrogens is 2. The van der Waals surface area contributed by atoms with Crippen LogP contribution in [0.25, 0.3) is 0 Å². The molecule has 1 aliphatic rings. The summed E-state index contributed by atoms with van der Waals surface area (Å²) in [4.78, 5) is 16.8. The van der Waals surface area contributed by atoms with E-state index in [9.17, 15) is 18.7 Å². The maximum absolute atomic E-state index is 14.2. The Balaban J connectivity index is 1.66. The predicted molar refractivity (Wildman–Crippen MR) is 98.3 cm³/mol. The summed E-state index contributed by atoms with van der Waals surface area (Å²) in [6.07, 6.45) is 1.28. The molecule has 4 rings (SSSR count). The van der Waals surface area contributed by atoms with Crippen LogP contribution in [-0.4, -0.2) is 26.5 Å². The number of nitrogens with zero attached hydrogens (tertiary/aromatic N) is 3. The van der Waals surface area contributed by atoms with Crippen molar-refractivity contribution >= 4 is 17.4 Å². The molecule has 0 radical (unpaired) electrons. The van der Waals surface area contributed by atoms with Crippen LogP contribution < -0.4 is 5.32 Å². The number of amides is 1. The number of fused-ring (bicyclic) bond motifs is 1. The molecule has 2 heterocycles. The zero-order chi connectivity index (χ0) is 19.9. The fraction of sp³-hybridized carbons (Fsp3) is 0.150. The predicted octanol–water partition coefficient (Wildman–Crippen LogP) is 2.89. The first-order valence-corrected chi connectivity index (χ1v) is 8.55. The third-order valence-electron chi connectivity index (χ3n) is 4.55. The van der Waals surface area contributed by atoms with Crippen LogP contribution in [0.4, 0.5) is 14.6 Å². The molecule has 142 valence electrons. The van der Waals surface area contributed by atoms with Gasteiger partial charge in [-0.1, -0.05) is 30.3 Å². The van der Waals surface area contributed by atoms with Crippen molar-refractivity contribution in [3.63, 3.8) is 0 Å². The Labute approximate surface area is 159 Å². The number of carbonyl (C=O) groups is 1. The number of benzene rings is 2. The molecule has 1 aliphatic heterocycles. The lowest BCUT2D eigenvalue weighted by atomic mass is 10.0. The summed E-state index contributed by atoms with van der Waals surface area (Å²) >= 11 is 0. The monoisotopic (exact) mass is 382 g/mol. The third kappa shape index (κ3) is 2.97. The molecule has 8 heteroatoms. The lowest BCUT2D eigenvalue weighted by Crippen LogP contribution is -2.37. The molecule has 3 aromatic rings. The first-order valence-electron chi connectivity index (χ1n) is 8.55. The second kappa shape index (κ2) is 6.65. The van der Waals surface area contributed by atoms with Crippen molar-refractivity contribution in [2.45, 2.75) is 19.2 Å². The zero-order valence-corrected chi connectivity index (χ0v) is 14.9. The van der Waals surface area contributed by atoms with Gasteiger partial charge in [0, 0.05) is 12.1 Å². The van der Waals surface area contributed by atoms with Gasteiger partial charge >= 0.3 is 0 Å². The first kappa shape index (κ1) is 18.0. The number of carbonyl (C=O) groups excluding carboxylic acids is 1. The minimum Gasteiger partial charge on any atom is -0.364 e. The second-order valence-electron chi connectivity index (χ2n) is 6.57. The lowest BCUT2D eigenvalue weighted by molar-refractivity contribution is 0.0510. The summed E-state index contributed by atoms with van der Waals surface area (Å²) < 4.78 is 28.9. The topological polar surface area (TPSA) is 79.5 Å². The van der Waals surface area contributed by atoms with Gasteiger partial charge in [0.25, 0.3) is 5.91 Å². The van der Waals surface area contributed by atoms with Gasteiger partial charge < -0.3 is 10.4 Å². The van der Waals surface area contributed by atoms with Gasteiger partial charge in [0.2, 0.25) is 5.72 Å². The minimum atomic E-state index is -1.83. The molecule has 0 bridgehead atoms. The summed E-state index contributed by atoms with van der Waals surface area (Å²) in [7, 11) is 0. The van der Waals surface area contributed by atoms with Crippen LogP contribution in [-0.2, 0) is 12.3 Å². The van der Waals surface area contributed by atoms with E-state index in [1.165, 1.54) is 13.1 Å². The average molecular weight is 382 g/mol. The van der Waals surface area contributed by atoms with Crippen molar-refractivity contribution in [2.24, 2.45) is 4.99 Å². The van der Waals surface area contributed by atoms with Crippen LogP contribution >= 0.6 is 0 Å². The normalized spacial score (nSPS) is 17.9. The number of nitrogens with one attached hydrogen (secondary N) is 1. The summed E-state index contributed by atoms with van der Waals surface area (Å²) in [5, 5.41) is 17.6. The van der Waals surface area contributed by atoms with E-state index in [4.69, 9.17) is 0 Å². The van der Waals surface area contributed by atoms with E-state index in [0.717, 1.165) is 28.4 Å². The molecule has 6 nitrogen and oxygen atoms in total. The molecule has 0 saturated carbocycles. The molecule has 2 N–H and O–H groups in total. The molecule has 1 atom stereocenters. The van der Waals surface area contributed by atoms with Crippen LogP contribution in [0.3, 0.4) is 0 Å². The van der Waals surface area contributed by atoms with Crippen LogP contribution in [0.15, 0.2) is 59.7 Å². The number of halogens is 2. The number of aliphatic imine (C=N–C) groups is 1. The highest BCUT2D eigenvalue weighted by Gasteiger charge is 2.42. The zero-order valence-electron chi connectivity index (χ0n) is 14.9. The van der Waals surface area contributed by atoms with Gasteiger partial charge in [0.15, 0.2) is 5.82 Å². The lowest BCUT2D eigenvalue weighted by Gasteiger charge is -2.21. The average Bonchev–Trinajstić information content (AvgIpc) is 3.21. The number of hydrogen-bond donors (Lipinski definition) is 2. The fourth-order valence-corrected chi connectivity index (χ4v) is 3.11. The van der Waals surface area contributed by atoms with Crippen LogP contribution in [0, 0.1) is 11.6 Å². The van der Waals surface area contributed by atoms with Crippen molar-refractivity contribution in [1.82, 2.24) is 15.1 Å². The fourth-order valence-electron chi connectivity index (χ4n) is 3.11. The van der Waals surface area contributed by atoms with Crippen LogP contribution in [0.1, 0.15) is 28.4 Å². The third-order valence-corrected chi connectivity index (χ3v) is 4.55. The van der Waals surface area contributed by atoms with E-state index >= 15 is 0 Å². The van der Waals surface area contributed by atoms with Crippen molar-refractivity contribution in [3.8, 4) is 0 Å². The van der Waals surface area contributed by atoms with E-state index in [0.29, 0.717) is 6.54 Å². The highest BCUT2D eigenvalue weighted by Crippen LogP contribution is 2.36. The van der Waals surface area contributed by atoms with Gasteiger partial charge in [0.1, 0.15) is 22.9 Å². The molecular weight excluding hydrogens is 366 g/mol. The van der Waals surface area contributed by atoms with Crippen LogP contribution in [0.5, 0.6) is 0 Å². The van der Waals surface area contributed by atoms with E-state index in [-0.39, 0.29) is 22.7 Å². The maximum Gasteiger partial charge on any atom is 0.257 e. The van der Waals surface area contributed by atoms with Crippen molar-refractivity contribution in [2.75, 3.05) is 0 Å². The van der Waals surface area contributed by atoms with E-state index in [2.05, 4.69) is 15.4 Å². The van der Waals surface area contributed by atoms with E-state index in [1.807, 2.05) is 30.3 Å². The molecule has 1 aromatic heterocycles. The van der Waals surface area contributed by atoms with Gasteiger partial charge in [0.05, 0.1) is 6.20 Å². The summed E-state index contributed by atoms with van der Waals surface area (Å²) in [5.74, 6) is -1.76. The summed E-state index contributed by atoms with van der Waals surface area (Å²) in [6, 6.07) is 12.2. The Morgan fingerprint density at radius 1 is 1.21 bits per heavy atom. The Morgan fingerprint density at radius 2 is 1.96 bits per heavy atom. The maximum atomic E-state index is 14.2. The molecule has 2 aromatic carbocycles.